The number of rotatable bonds is 22. The van der Waals surface area contributed by atoms with Crippen LogP contribution in [0.25, 0.3) is 0 Å². The van der Waals surface area contributed by atoms with Crippen molar-refractivity contribution in [2.75, 3.05) is 6.54 Å². The molecule has 3 N–H and O–H groups in total. The minimum absolute atomic E-state index is 0.0651. The first-order chi connectivity index (χ1) is 20.5. The zero-order valence-corrected chi connectivity index (χ0v) is 24.7. The Morgan fingerprint density at radius 2 is 1.40 bits per heavy atom. The van der Waals surface area contributed by atoms with E-state index >= 15 is 0 Å². The maximum atomic E-state index is 13.6. The highest BCUT2D eigenvalue weighted by molar-refractivity contribution is 5.96. The van der Waals surface area contributed by atoms with Crippen LogP contribution in [-0.2, 0) is 9.59 Å². The van der Waals surface area contributed by atoms with E-state index in [1.165, 1.54) is 18.3 Å². The summed E-state index contributed by atoms with van der Waals surface area (Å²) in [5, 5.41) is 14.5. The summed E-state index contributed by atoms with van der Waals surface area (Å²) in [6.45, 7) is 2.55. The lowest BCUT2D eigenvalue weighted by atomic mass is 10.1. The van der Waals surface area contributed by atoms with Crippen LogP contribution in [0.2, 0.25) is 0 Å². The van der Waals surface area contributed by atoms with Crippen LogP contribution in [0, 0.1) is 5.95 Å². The molecule has 0 aromatic carbocycles. The number of nitrogens with zero attached hydrogens (tertiary/aromatic N) is 1. The van der Waals surface area contributed by atoms with Gasteiger partial charge in [-0.05, 0) is 76.3 Å². The average Bonchev–Trinajstić information content (AvgIpc) is 2.97. The Labute approximate surface area is 250 Å². The lowest BCUT2D eigenvalue weighted by Crippen LogP contribution is -2.41. The third-order valence-corrected chi connectivity index (χ3v) is 5.98. The van der Waals surface area contributed by atoms with Crippen molar-refractivity contribution in [2.45, 2.75) is 83.6 Å². The van der Waals surface area contributed by atoms with Gasteiger partial charge in [0.1, 0.15) is 6.04 Å². The summed E-state index contributed by atoms with van der Waals surface area (Å²) in [6.07, 6.45) is 34.8. The third-order valence-electron chi connectivity index (χ3n) is 5.98. The van der Waals surface area contributed by atoms with E-state index in [4.69, 9.17) is 0 Å². The molecule has 0 fully saturated rings. The van der Waals surface area contributed by atoms with E-state index in [2.05, 4.69) is 83.3 Å². The second-order valence-electron chi connectivity index (χ2n) is 9.51. The van der Waals surface area contributed by atoms with Crippen molar-refractivity contribution in [3.05, 3.63) is 103 Å². The van der Waals surface area contributed by atoms with Crippen molar-refractivity contribution < 1.29 is 23.9 Å². The smallest absolute Gasteiger partial charge is 0.326 e. The summed E-state index contributed by atoms with van der Waals surface area (Å²) >= 11 is 0. The molecule has 0 saturated carbocycles. The molecule has 0 saturated heterocycles. The van der Waals surface area contributed by atoms with Gasteiger partial charge in [-0.15, -0.1) is 0 Å². The molecule has 2 amide bonds. The molecule has 1 aromatic rings. The van der Waals surface area contributed by atoms with Crippen LogP contribution in [0.4, 0.5) is 4.39 Å². The number of halogens is 1. The Morgan fingerprint density at radius 1 is 0.857 bits per heavy atom. The van der Waals surface area contributed by atoms with E-state index in [9.17, 15) is 23.9 Å². The summed E-state index contributed by atoms with van der Waals surface area (Å²) in [5.74, 6) is -3.04. The number of hydrogen-bond acceptors (Lipinski definition) is 4. The minimum atomic E-state index is -1.20. The van der Waals surface area contributed by atoms with E-state index in [-0.39, 0.29) is 17.9 Å². The first-order valence-corrected chi connectivity index (χ1v) is 14.8. The van der Waals surface area contributed by atoms with E-state index in [1.54, 1.807) is 0 Å². The Kier molecular flexibility index (Phi) is 21.1. The van der Waals surface area contributed by atoms with Crippen LogP contribution in [0.3, 0.4) is 0 Å². The quantitative estimate of drug-likeness (QED) is 0.0767. The summed E-state index contributed by atoms with van der Waals surface area (Å²) in [4.78, 5) is 39.0. The number of amides is 2. The van der Waals surface area contributed by atoms with Crippen LogP contribution in [0.1, 0.15) is 87.9 Å². The number of unbranched alkanes of at least 4 members (excludes halogenated alkanes) is 1. The van der Waals surface area contributed by atoms with E-state index in [0.717, 1.165) is 38.5 Å². The van der Waals surface area contributed by atoms with E-state index in [0.29, 0.717) is 32.2 Å². The molecule has 1 unspecified atom stereocenters. The summed E-state index contributed by atoms with van der Waals surface area (Å²) in [6, 6.07) is 1.49. The van der Waals surface area contributed by atoms with Gasteiger partial charge in [0.2, 0.25) is 11.9 Å². The molecule has 0 aliphatic carbocycles. The zero-order chi connectivity index (χ0) is 30.7. The molecule has 0 radical (unpaired) electrons. The first kappa shape index (κ1) is 36.0. The van der Waals surface area contributed by atoms with Gasteiger partial charge in [0.25, 0.3) is 5.91 Å². The van der Waals surface area contributed by atoms with Gasteiger partial charge in [0, 0.05) is 19.2 Å². The maximum absolute atomic E-state index is 13.6. The second kappa shape index (κ2) is 24.7. The highest BCUT2D eigenvalue weighted by Crippen LogP contribution is 2.07. The fourth-order valence-electron chi connectivity index (χ4n) is 3.69. The number of carboxylic acids is 1. The van der Waals surface area contributed by atoms with Gasteiger partial charge in [0.05, 0.1) is 5.56 Å². The van der Waals surface area contributed by atoms with E-state index in [1.807, 2.05) is 12.2 Å². The van der Waals surface area contributed by atoms with Gasteiger partial charge in [-0.2, -0.15) is 4.39 Å². The average molecular weight is 580 g/mol. The number of carboxylic acid groups (broad SMARTS) is 1. The summed E-state index contributed by atoms with van der Waals surface area (Å²) in [5.41, 5.74) is -0.303. The fraction of sp³-hybridized carbons (Fsp3) is 0.412. The topological polar surface area (TPSA) is 108 Å². The second-order valence-corrected chi connectivity index (χ2v) is 9.51. The minimum Gasteiger partial charge on any atom is -0.480 e. The van der Waals surface area contributed by atoms with Gasteiger partial charge in [-0.25, -0.2) is 9.78 Å². The van der Waals surface area contributed by atoms with Crippen LogP contribution >= 0.6 is 0 Å². The predicted octanol–water partition coefficient (Wildman–Crippen LogP) is 7.17. The number of aromatic nitrogens is 1. The van der Waals surface area contributed by atoms with Crippen molar-refractivity contribution in [3.63, 3.8) is 0 Å². The van der Waals surface area contributed by atoms with Crippen molar-refractivity contribution >= 4 is 17.8 Å². The van der Waals surface area contributed by atoms with Crippen LogP contribution in [-0.4, -0.2) is 40.5 Å². The standard InChI is InChI=1S/C34H46FN3O4/c1-2-3-4-5-6-7-8-9-10-11-12-13-14-15-16-17-18-19-20-26-31(39)36-27-22-21-25-30(34(41)42)38-33(40)29-24-23-28-37-32(29)35/h3-4,6-7,9-10,12-13,15-16,18-19,23-24,28,30H,2,5,8,11,14,17,20-22,25-27H2,1H3,(H,36,39)(H,38,40)(H,41,42). The Hall–Kier alpha value is -4.07. The molecule has 1 heterocycles. The molecule has 8 heteroatoms. The van der Waals surface area contributed by atoms with Crippen molar-refractivity contribution in [1.29, 1.82) is 0 Å². The van der Waals surface area contributed by atoms with Crippen LogP contribution in [0.15, 0.2) is 91.2 Å². The van der Waals surface area contributed by atoms with Gasteiger partial charge < -0.3 is 15.7 Å². The molecule has 1 aromatic heterocycles. The molecule has 1 rings (SSSR count). The molecule has 0 aliphatic rings. The summed E-state index contributed by atoms with van der Waals surface area (Å²) < 4.78 is 13.6. The first-order valence-electron chi connectivity index (χ1n) is 14.8. The Balaban J connectivity index is 2.07. The molecule has 0 bridgehead atoms. The molecule has 7 nitrogen and oxygen atoms in total. The maximum Gasteiger partial charge on any atom is 0.326 e. The normalized spacial score (nSPS) is 12.9. The fourth-order valence-corrected chi connectivity index (χ4v) is 3.69. The highest BCUT2D eigenvalue weighted by atomic mass is 19.1. The largest absolute Gasteiger partial charge is 0.480 e. The number of carbonyl (C=O) groups excluding carboxylic acids is 2. The lowest BCUT2D eigenvalue weighted by Gasteiger charge is -2.14. The van der Waals surface area contributed by atoms with Gasteiger partial charge >= 0.3 is 5.97 Å². The van der Waals surface area contributed by atoms with Crippen LogP contribution < -0.4 is 10.6 Å². The molecular weight excluding hydrogens is 533 g/mol. The molecule has 228 valence electrons. The zero-order valence-electron chi connectivity index (χ0n) is 24.7. The monoisotopic (exact) mass is 579 g/mol. The van der Waals surface area contributed by atoms with Gasteiger partial charge in [-0.1, -0.05) is 79.8 Å². The Morgan fingerprint density at radius 3 is 1.93 bits per heavy atom. The van der Waals surface area contributed by atoms with Gasteiger partial charge in [0.15, 0.2) is 0 Å². The van der Waals surface area contributed by atoms with Crippen molar-refractivity contribution in [2.24, 2.45) is 0 Å². The van der Waals surface area contributed by atoms with Crippen molar-refractivity contribution in [1.82, 2.24) is 15.6 Å². The number of carbonyl (C=O) groups is 3. The summed E-state index contributed by atoms with van der Waals surface area (Å²) in [7, 11) is 0. The SMILES string of the molecule is CCC=CCC=CCC=CCC=CCC=CCC=CCCC(=O)NCCCCC(NC(=O)c1cccnc1F)C(=O)O. The number of pyridine rings is 1. The predicted molar refractivity (Wildman–Crippen MR) is 167 cm³/mol. The molecular formula is C34H46FN3O4. The van der Waals surface area contributed by atoms with E-state index < -0.39 is 23.9 Å². The highest BCUT2D eigenvalue weighted by Gasteiger charge is 2.22. The molecule has 42 heavy (non-hydrogen) atoms. The third kappa shape index (κ3) is 19.1. The number of aliphatic carboxylic acids is 1. The number of hydrogen-bond donors (Lipinski definition) is 3. The number of nitrogens with one attached hydrogen (secondary N) is 2. The molecule has 1 atom stereocenters. The molecule has 0 spiro atoms. The number of allylic oxidation sites excluding steroid dienone is 12. The Bertz CT molecular complexity index is 1110. The van der Waals surface area contributed by atoms with Crippen molar-refractivity contribution in [3.8, 4) is 0 Å². The lowest BCUT2D eigenvalue weighted by molar-refractivity contribution is -0.139. The molecule has 0 aliphatic heterocycles. The van der Waals surface area contributed by atoms with Gasteiger partial charge in [-0.3, -0.25) is 9.59 Å². The van der Waals surface area contributed by atoms with Crippen LogP contribution in [0.5, 0.6) is 0 Å².